The van der Waals surface area contributed by atoms with Gasteiger partial charge < -0.3 is 4.42 Å². The van der Waals surface area contributed by atoms with Crippen molar-refractivity contribution in [1.29, 1.82) is 0 Å². The van der Waals surface area contributed by atoms with Gasteiger partial charge in [-0.15, -0.1) is 0 Å². The van der Waals surface area contributed by atoms with E-state index in [0.29, 0.717) is 23.2 Å². The first-order valence-corrected chi connectivity index (χ1v) is 16.8. The van der Waals surface area contributed by atoms with Crippen LogP contribution in [0.4, 0.5) is 0 Å². The molecule has 8 aromatic rings. The van der Waals surface area contributed by atoms with Gasteiger partial charge >= 0.3 is 0 Å². The van der Waals surface area contributed by atoms with Crippen molar-refractivity contribution in [1.82, 2.24) is 19.9 Å². The zero-order valence-electron chi connectivity index (χ0n) is 27.7. The average Bonchev–Trinajstić information content (AvgIpc) is 3.69. The average molecular weight is 633 g/mol. The third-order valence-electron chi connectivity index (χ3n) is 10.8. The number of aromatic nitrogens is 4. The summed E-state index contributed by atoms with van der Waals surface area (Å²) in [4.78, 5) is 19.7. The van der Waals surface area contributed by atoms with Crippen molar-refractivity contribution < 1.29 is 4.42 Å². The molecular weight excluding hydrogens is 601 g/mol. The fourth-order valence-corrected chi connectivity index (χ4v) is 8.20. The molecule has 0 amide bonds. The molecule has 2 aliphatic carbocycles. The second-order valence-corrected chi connectivity index (χ2v) is 14.3. The van der Waals surface area contributed by atoms with Crippen LogP contribution in [0.15, 0.2) is 126 Å². The Hall–Kier alpha value is -5.94. The van der Waals surface area contributed by atoms with Gasteiger partial charge in [0.2, 0.25) is 0 Å². The predicted octanol–water partition coefficient (Wildman–Crippen LogP) is 10.8. The van der Waals surface area contributed by atoms with Crippen molar-refractivity contribution in [2.24, 2.45) is 0 Å². The van der Waals surface area contributed by atoms with E-state index in [-0.39, 0.29) is 10.8 Å². The maximum absolute atomic E-state index is 6.47. The minimum atomic E-state index is -0.134. The van der Waals surface area contributed by atoms with Crippen LogP contribution in [-0.2, 0) is 10.8 Å². The standard InChI is InChI=1S/C44H32N4O/c1-43(2)33-13-7-5-11-27(33)29-18-16-26(22-35(29)43)41-46-40(47-42(48-41)37-15-9-10-20-45-37)25-17-19-38-31(21-25)32-23-30-28-12-6-8-14-34(28)44(3,4)36(30)24-39(32)49-38/h5-24H,1-4H3. The number of pyridine rings is 1. The van der Waals surface area contributed by atoms with E-state index in [0.717, 1.165) is 33.1 Å². The Morgan fingerprint density at radius 2 is 1.02 bits per heavy atom. The van der Waals surface area contributed by atoms with Crippen molar-refractivity contribution >= 4 is 21.9 Å². The smallest absolute Gasteiger partial charge is 0.182 e. The summed E-state index contributed by atoms with van der Waals surface area (Å²) >= 11 is 0. The van der Waals surface area contributed by atoms with E-state index in [4.69, 9.17) is 19.4 Å². The van der Waals surface area contributed by atoms with E-state index in [9.17, 15) is 0 Å². The predicted molar refractivity (Wildman–Crippen MR) is 196 cm³/mol. The molecule has 2 aliphatic rings. The molecule has 0 spiro atoms. The highest BCUT2D eigenvalue weighted by atomic mass is 16.3. The van der Waals surface area contributed by atoms with Gasteiger partial charge in [-0.3, -0.25) is 4.98 Å². The first kappa shape index (κ1) is 28.1. The van der Waals surface area contributed by atoms with Gasteiger partial charge in [0, 0.05) is 38.9 Å². The minimum Gasteiger partial charge on any atom is -0.456 e. The molecule has 0 N–H and O–H groups in total. The maximum atomic E-state index is 6.47. The highest BCUT2D eigenvalue weighted by molar-refractivity contribution is 6.08. The van der Waals surface area contributed by atoms with Crippen LogP contribution >= 0.6 is 0 Å². The lowest BCUT2D eigenvalue weighted by molar-refractivity contribution is 0.647. The summed E-state index contributed by atoms with van der Waals surface area (Å²) in [5, 5.41) is 2.12. The Morgan fingerprint density at radius 3 is 1.73 bits per heavy atom. The van der Waals surface area contributed by atoms with E-state index in [1.165, 1.54) is 44.5 Å². The van der Waals surface area contributed by atoms with Crippen molar-refractivity contribution in [3.8, 4) is 56.5 Å². The van der Waals surface area contributed by atoms with Gasteiger partial charge in [0.05, 0.1) is 0 Å². The summed E-state index contributed by atoms with van der Waals surface area (Å²) in [6, 6.07) is 40.6. The quantitative estimate of drug-likeness (QED) is 0.194. The lowest BCUT2D eigenvalue weighted by atomic mass is 9.82. The fraction of sp³-hybridized carbons (Fsp3) is 0.136. The van der Waals surface area contributed by atoms with Crippen LogP contribution in [0.3, 0.4) is 0 Å². The van der Waals surface area contributed by atoms with Gasteiger partial charge in [0.25, 0.3) is 0 Å². The summed E-state index contributed by atoms with van der Waals surface area (Å²) < 4.78 is 6.47. The number of fused-ring (bicyclic) bond motifs is 9. The summed E-state index contributed by atoms with van der Waals surface area (Å²) in [5.41, 5.74) is 14.4. The van der Waals surface area contributed by atoms with Crippen LogP contribution in [0.25, 0.3) is 78.5 Å². The van der Waals surface area contributed by atoms with Crippen molar-refractivity contribution in [3.05, 3.63) is 144 Å². The SMILES string of the molecule is CC1(C)c2ccccc2-c2ccc(-c3nc(-c4ccc5oc6cc7c(cc6c5c4)-c4ccccc4C7(C)C)nc(-c4ccccn4)n3)cc21. The Kier molecular flexibility index (Phi) is 5.62. The number of hydrogen-bond donors (Lipinski definition) is 0. The maximum Gasteiger partial charge on any atom is 0.182 e. The molecule has 0 unspecified atom stereocenters. The van der Waals surface area contributed by atoms with Gasteiger partial charge in [0.15, 0.2) is 17.5 Å². The molecule has 0 fully saturated rings. The second kappa shape index (κ2) is 9.80. The summed E-state index contributed by atoms with van der Waals surface area (Å²) in [5.74, 6) is 1.75. The zero-order valence-corrected chi connectivity index (χ0v) is 27.7. The van der Waals surface area contributed by atoms with Crippen LogP contribution in [0.1, 0.15) is 49.9 Å². The number of benzene rings is 5. The lowest BCUT2D eigenvalue weighted by Crippen LogP contribution is -2.15. The molecule has 5 heteroatoms. The molecule has 0 saturated carbocycles. The Morgan fingerprint density at radius 1 is 0.449 bits per heavy atom. The molecule has 5 nitrogen and oxygen atoms in total. The van der Waals surface area contributed by atoms with Gasteiger partial charge in [-0.05, 0) is 93.0 Å². The van der Waals surface area contributed by atoms with Crippen LogP contribution in [0, 0.1) is 0 Å². The van der Waals surface area contributed by atoms with Crippen molar-refractivity contribution in [2.75, 3.05) is 0 Å². The van der Waals surface area contributed by atoms with Crippen LogP contribution in [0.2, 0.25) is 0 Å². The fourth-order valence-electron chi connectivity index (χ4n) is 8.20. The highest BCUT2D eigenvalue weighted by Gasteiger charge is 2.37. The Bertz CT molecular complexity index is 2670. The second-order valence-electron chi connectivity index (χ2n) is 14.3. The highest BCUT2D eigenvalue weighted by Crippen LogP contribution is 2.51. The van der Waals surface area contributed by atoms with E-state index < -0.39 is 0 Å². The molecule has 49 heavy (non-hydrogen) atoms. The van der Waals surface area contributed by atoms with E-state index in [2.05, 4.69) is 118 Å². The summed E-state index contributed by atoms with van der Waals surface area (Å²) in [7, 11) is 0. The third kappa shape index (κ3) is 3.99. The van der Waals surface area contributed by atoms with Crippen molar-refractivity contribution in [3.63, 3.8) is 0 Å². The third-order valence-corrected chi connectivity index (χ3v) is 10.8. The van der Waals surface area contributed by atoms with Crippen LogP contribution in [-0.4, -0.2) is 19.9 Å². The molecule has 0 bridgehead atoms. The first-order chi connectivity index (χ1) is 23.8. The summed E-state index contributed by atoms with van der Waals surface area (Å²) in [6.07, 6.45) is 1.77. The molecule has 0 aliphatic heterocycles. The lowest BCUT2D eigenvalue weighted by Gasteiger charge is -2.21. The van der Waals surface area contributed by atoms with Gasteiger partial charge in [-0.1, -0.05) is 94.4 Å². The van der Waals surface area contributed by atoms with Gasteiger partial charge in [-0.25, -0.2) is 15.0 Å². The number of furan rings is 1. The molecule has 0 saturated heterocycles. The zero-order chi connectivity index (χ0) is 33.1. The molecule has 3 heterocycles. The first-order valence-electron chi connectivity index (χ1n) is 16.8. The molecule has 3 aromatic heterocycles. The van der Waals surface area contributed by atoms with Gasteiger partial charge in [-0.2, -0.15) is 0 Å². The van der Waals surface area contributed by atoms with E-state index in [1.54, 1.807) is 6.20 Å². The summed E-state index contributed by atoms with van der Waals surface area (Å²) in [6.45, 7) is 9.17. The number of nitrogens with zero attached hydrogens (tertiary/aromatic N) is 4. The van der Waals surface area contributed by atoms with E-state index >= 15 is 0 Å². The van der Waals surface area contributed by atoms with Crippen LogP contribution in [0.5, 0.6) is 0 Å². The molecule has 5 aromatic carbocycles. The number of rotatable bonds is 3. The molecule has 10 rings (SSSR count). The number of hydrogen-bond acceptors (Lipinski definition) is 5. The molecule has 0 atom stereocenters. The molecule has 234 valence electrons. The monoisotopic (exact) mass is 632 g/mol. The Balaban J connectivity index is 1.15. The van der Waals surface area contributed by atoms with Gasteiger partial charge in [0.1, 0.15) is 16.9 Å². The van der Waals surface area contributed by atoms with Crippen LogP contribution < -0.4 is 0 Å². The normalized spacial score (nSPS) is 14.9. The van der Waals surface area contributed by atoms with E-state index in [1.807, 2.05) is 30.3 Å². The Labute approximate surface area is 284 Å². The topological polar surface area (TPSA) is 64.7 Å². The molecule has 0 radical (unpaired) electrons. The molecular formula is C44H32N4O. The largest absolute Gasteiger partial charge is 0.456 e. The minimum absolute atomic E-state index is 0.0943. The van der Waals surface area contributed by atoms with Crippen molar-refractivity contribution in [2.45, 2.75) is 38.5 Å².